The molecule has 4 N–H and O–H groups in total. The number of aromatic hydroxyl groups is 2. The van der Waals surface area contributed by atoms with Crippen LogP contribution >= 0.6 is 0 Å². The summed E-state index contributed by atoms with van der Waals surface area (Å²) in [6, 6.07) is 4.59. The molecule has 0 aliphatic carbocycles. The molecule has 0 saturated carbocycles. The van der Waals surface area contributed by atoms with Gasteiger partial charge in [-0.25, -0.2) is 0 Å². The molecule has 0 fully saturated rings. The van der Waals surface area contributed by atoms with E-state index in [0.717, 1.165) is 13.0 Å². The first-order valence-electron chi connectivity index (χ1n) is 10.4. The van der Waals surface area contributed by atoms with Gasteiger partial charge in [0, 0.05) is 25.2 Å². The molecule has 1 aromatic carbocycles. The number of hydrogen-bond acceptors (Lipinski definition) is 8. The summed E-state index contributed by atoms with van der Waals surface area (Å²) in [5, 5.41) is 34.7. The van der Waals surface area contributed by atoms with Crippen LogP contribution in [0.3, 0.4) is 0 Å². The Hall–Kier alpha value is -3.33. The molecule has 166 valence electrons. The first-order chi connectivity index (χ1) is 14.9. The van der Waals surface area contributed by atoms with Gasteiger partial charge >= 0.3 is 0 Å². The fourth-order valence-corrected chi connectivity index (χ4v) is 3.25. The molecule has 9 nitrogen and oxygen atoms in total. The number of rotatable bonds is 9. The van der Waals surface area contributed by atoms with Crippen LogP contribution in [0, 0.1) is 0 Å². The number of carbonyl (C=O) groups excluding carboxylic acids is 1. The van der Waals surface area contributed by atoms with Crippen molar-refractivity contribution >= 4 is 5.91 Å². The third-order valence-electron chi connectivity index (χ3n) is 4.79. The Morgan fingerprint density at radius 2 is 1.87 bits per heavy atom. The summed E-state index contributed by atoms with van der Waals surface area (Å²) < 4.78 is 11.0. The average molecular weight is 428 g/mol. The molecule has 9 heteroatoms. The van der Waals surface area contributed by atoms with Crippen molar-refractivity contribution < 1.29 is 24.1 Å². The second kappa shape index (κ2) is 9.65. The molecular weight excluding hydrogens is 400 g/mol. The highest BCUT2D eigenvalue weighted by Gasteiger charge is 2.29. The predicted octanol–water partition coefficient (Wildman–Crippen LogP) is 3.78. The second-order valence-corrected chi connectivity index (χ2v) is 7.54. The molecule has 0 unspecified atom stereocenters. The summed E-state index contributed by atoms with van der Waals surface area (Å²) in [5.74, 6) is -0.211. The molecule has 0 atom stereocenters. The van der Waals surface area contributed by atoms with E-state index in [1.807, 2.05) is 13.8 Å². The zero-order chi connectivity index (χ0) is 22.5. The third kappa shape index (κ3) is 4.72. The van der Waals surface area contributed by atoms with Crippen molar-refractivity contribution in [1.29, 1.82) is 0 Å². The van der Waals surface area contributed by atoms with E-state index < -0.39 is 5.91 Å². The number of phenolic OH excluding ortho intramolecular Hbond substituents is 2. The third-order valence-corrected chi connectivity index (χ3v) is 4.79. The maximum absolute atomic E-state index is 12.6. The molecule has 2 heterocycles. The molecule has 0 radical (unpaired) electrons. The van der Waals surface area contributed by atoms with Crippen molar-refractivity contribution in [2.45, 2.75) is 46.6 Å². The van der Waals surface area contributed by atoms with Gasteiger partial charge in [-0.2, -0.15) is 0 Å². The van der Waals surface area contributed by atoms with E-state index in [1.54, 1.807) is 19.1 Å². The van der Waals surface area contributed by atoms with Crippen molar-refractivity contribution in [2.75, 3.05) is 13.1 Å². The number of benzene rings is 1. The molecule has 0 aliphatic heterocycles. The molecule has 3 aromatic rings. The van der Waals surface area contributed by atoms with E-state index in [2.05, 4.69) is 27.9 Å². The first-order valence-corrected chi connectivity index (χ1v) is 10.4. The van der Waals surface area contributed by atoms with E-state index in [0.29, 0.717) is 35.7 Å². The van der Waals surface area contributed by atoms with Crippen molar-refractivity contribution in [3.63, 3.8) is 0 Å². The summed E-state index contributed by atoms with van der Waals surface area (Å²) in [6.45, 7) is 9.46. The van der Waals surface area contributed by atoms with E-state index in [-0.39, 0.29) is 34.4 Å². The Kier molecular flexibility index (Phi) is 6.96. The first kappa shape index (κ1) is 22.4. The number of aromatic nitrogens is 2. The number of amides is 1. The van der Waals surface area contributed by atoms with Crippen molar-refractivity contribution in [2.24, 2.45) is 0 Å². The van der Waals surface area contributed by atoms with Crippen molar-refractivity contribution in [3.8, 4) is 34.1 Å². The predicted molar refractivity (Wildman–Crippen MR) is 115 cm³/mol. The molecule has 3 rings (SSSR count). The molecule has 0 saturated heterocycles. The topological polar surface area (TPSA) is 134 Å². The van der Waals surface area contributed by atoms with Crippen LogP contribution in [-0.4, -0.2) is 39.5 Å². The second-order valence-electron chi connectivity index (χ2n) is 7.54. The van der Waals surface area contributed by atoms with Gasteiger partial charge in [0.25, 0.3) is 5.91 Å². The highest BCUT2D eigenvalue weighted by Crippen LogP contribution is 2.43. The summed E-state index contributed by atoms with van der Waals surface area (Å²) >= 11 is 0. The van der Waals surface area contributed by atoms with Crippen LogP contribution in [0.15, 0.2) is 27.2 Å². The van der Waals surface area contributed by atoms with Crippen LogP contribution in [0.25, 0.3) is 22.6 Å². The lowest BCUT2D eigenvalue weighted by Gasteiger charge is -2.11. The summed E-state index contributed by atoms with van der Waals surface area (Å²) in [7, 11) is 0. The lowest BCUT2D eigenvalue weighted by molar-refractivity contribution is 0.0947. The van der Waals surface area contributed by atoms with Crippen molar-refractivity contribution in [1.82, 2.24) is 20.9 Å². The van der Waals surface area contributed by atoms with Crippen LogP contribution in [0.4, 0.5) is 0 Å². The Labute approximate surface area is 180 Å². The minimum atomic E-state index is -0.433. The van der Waals surface area contributed by atoms with Crippen molar-refractivity contribution in [3.05, 3.63) is 35.2 Å². The molecule has 1 amide bonds. The van der Waals surface area contributed by atoms with Gasteiger partial charge < -0.3 is 29.9 Å². The van der Waals surface area contributed by atoms with Crippen LogP contribution < -0.4 is 10.6 Å². The highest BCUT2D eigenvalue weighted by molar-refractivity contribution is 6.01. The van der Waals surface area contributed by atoms with Gasteiger partial charge in [-0.3, -0.25) is 4.79 Å². The average Bonchev–Trinajstić information content (AvgIpc) is 3.35. The normalized spacial score (nSPS) is 11.3. The van der Waals surface area contributed by atoms with Gasteiger partial charge in [0.1, 0.15) is 17.1 Å². The van der Waals surface area contributed by atoms with Gasteiger partial charge in [-0.1, -0.05) is 31.1 Å². The van der Waals surface area contributed by atoms with E-state index in [1.165, 1.54) is 6.07 Å². The number of phenols is 2. The van der Waals surface area contributed by atoms with Crippen LogP contribution in [-0.2, 0) is 6.54 Å². The molecule has 0 spiro atoms. The largest absolute Gasteiger partial charge is 0.508 e. The van der Waals surface area contributed by atoms with Crippen LogP contribution in [0.2, 0.25) is 0 Å². The van der Waals surface area contributed by atoms with Gasteiger partial charge in [0.05, 0.1) is 11.3 Å². The smallest absolute Gasteiger partial charge is 0.274 e. The van der Waals surface area contributed by atoms with Gasteiger partial charge in [0.2, 0.25) is 0 Å². The minimum Gasteiger partial charge on any atom is -0.508 e. The highest BCUT2D eigenvalue weighted by atomic mass is 16.5. The Balaban J connectivity index is 2.13. The molecule has 0 aliphatic rings. The van der Waals surface area contributed by atoms with Gasteiger partial charge in [-0.15, -0.1) is 0 Å². The zero-order valence-corrected chi connectivity index (χ0v) is 18.2. The van der Waals surface area contributed by atoms with Gasteiger partial charge in [0.15, 0.2) is 17.2 Å². The standard InChI is InChI=1S/C22H28N4O5/c1-5-7-23-11-13-8-18(30-25-13)19-20(22(29)24-6-2)26-31-21(19)15-9-14(12(3)4)16(27)10-17(15)28/h8-10,12,23,27-28H,5-7,11H2,1-4H3,(H,24,29). The monoisotopic (exact) mass is 428 g/mol. The summed E-state index contributed by atoms with van der Waals surface area (Å²) in [6.07, 6.45) is 0.986. The summed E-state index contributed by atoms with van der Waals surface area (Å²) in [5.41, 5.74) is 1.89. The Morgan fingerprint density at radius 1 is 1.10 bits per heavy atom. The Bertz CT molecular complexity index is 1050. The van der Waals surface area contributed by atoms with E-state index in [4.69, 9.17) is 9.05 Å². The minimum absolute atomic E-state index is 0.00453. The SMILES string of the molecule is CCCNCc1cc(-c2c(C(=O)NCC)noc2-c2cc(C(C)C)c(O)cc2O)on1. The summed E-state index contributed by atoms with van der Waals surface area (Å²) in [4.78, 5) is 12.6. The fraction of sp³-hybridized carbons (Fsp3) is 0.409. The number of hydrogen-bond donors (Lipinski definition) is 4. The fourth-order valence-electron chi connectivity index (χ4n) is 3.25. The number of nitrogens with one attached hydrogen (secondary N) is 2. The molecule has 2 aromatic heterocycles. The lowest BCUT2D eigenvalue weighted by Crippen LogP contribution is -2.23. The molecular formula is C22H28N4O5. The number of nitrogens with zero attached hydrogens (tertiary/aromatic N) is 2. The number of carbonyl (C=O) groups is 1. The van der Waals surface area contributed by atoms with Crippen LogP contribution in [0.1, 0.15) is 61.8 Å². The Morgan fingerprint density at radius 3 is 2.55 bits per heavy atom. The molecule has 0 bridgehead atoms. The lowest BCUT2D eigenvalue weighted by atomic mass is 9.95. The quantitative estimate of drug-likeness (QED) is 0.378. The van der Waals surface area contributed by atoms with Crippen LogP contribution in [0.5, 0.6) is 11.5 Å². The van der Waals surface area contributed by atoms with E-state index >= 15 is 0 Å². The van der Waals surface area contributed by atoms with Gasteiger partial charge in [-0.05, 0) is 37.4 Å². The molecule has 31 heavy (non-hydrogen) atoms. The van der Waals surface area contributed by atoms with E-state index in [9.17, 15) is 15.0 Å². The zero-order valence-electron chi connectivity index (χ0n) is 18.2. The maximum atomic E-state index is 12.6. The maximum Gasteiger partial charge on any atom is 0.274 e.